The molecule has 1 N–H and O–H groups in total. The lowest BCUT2D eigenvalue weighted by Crippen LogP contribution is -2.26. The van der Waals surface area contributed by atoms with Gasteiger partial charge in [-0.15, -0.1) is 0 Å². The maximum absolute atomic E-state index is 11.5. The number of rotatable bonds is 9. The molecule has 0 heterocycles. The molecule has 1 unspecified atom stereocenters. The first-order valence-electron chi connectivity index (χ1n) is 8.49. The number of aromatic carboxylic acids is 1. The first kappa shape index (κ1) is 18.5. The Balaban J connectivity index is 3.06. The minimum Gasteiger partial charge on any atom is -0.478 e. The normalized spacial score (nSPS) is 12.5. The van der Waals surface area contributed by atoms with Crippen molar-refractivity contribution in [2.24, 2.45) is 5.92 Å². The highest BCUT2D eigenvalue weighted by Gasteiger charge is 2.16. The number of unbranched alkanes of at least 4 members (excludes halogenated alkanes) is 1. The molecular weight excluding hydrogens is 274 g/mol. The van der Waals surface area contributed by atoms with Gasteiger partial charge in [0.05, 0.1) is 5.56 Å². The molecule has 0 spiro atoms. The van der Waals surface area contributed by atoms with Crippen LogP contribution < -0.4 is 4.90 Å². The fourth-order valence-corrected chi connectivity index (χ4v) is 2.73. The van der Waals surface area contributed by atoms with Crippen LogP contribution in [0.25, 0.3) is 0 Å². The number of hydrogen-bond donors (Lipinski definition) is 1. The van der Waals surface area contributed by atoms with Gasteiger partial charge in [0.15, 0.2) is 0 Å². The van der Waals surface area contributed by atoms with Gasteiger partial charge in [-0.1, -0.05) is 39.5 Å². The molecule has 1 aromatic carbocycles. The summed E-state index contributed by atoms with van der Waals surface area (Å²) in [7, 11) is 2.05. The summed E-state index contributed by atoms with van der Waals surface area (Å²) in [5, 5.41) is 9.45. The predicted octanol–water partition coefficient (Wildman–Crippen LogP) is 4.99. The van der Waals surface area contributed by atoms with E-state index in [0.717, 1.165) is 24.1 Å². The molecule has 124 valence electrons. The minimum atomic E-state index is -0.820. The fraction of sp³-hybridized carbons (Fsp3) is 0.632. The molecule has 3 heteroatoms. The lowest BCUT2D eigenvalue weighted by molar-refractivity contribution is 0.0695. The van der Waals surface area contributed by atoms with Crippen LogP contribution in [-0.2, 0) is 6.42 Å². The smallest absolute Gasteiger partial charge is 0.335 e. The van der Waals surface area contributed by atoms with Gasteiger partial charge in [0, 0.05) is 18.8 Å². The van der Waals surface area contributed by atoms with Crippen LogP contribution in [-0.4, -0.2) is 24.2 Å². The number of hydrogen-bond acceptors (Lipinski definition) is 2. The van der Waals surface area contributed by atoms with Crippen molar-refractivity contribution >= 4 is 11.7 Å². The van der Waals surface area contributed by atoms with Crippen molar-refractivity contribution in [3.05, 3.63) is 29.3 Å². The maximum atomic E-state index is 11.5. The van der Waals surface area contributed by atoms with Crippen molar-refractivity contribution in [1.82, 2.24) is 0 Å². The van der Waals surface area contributed by atoms with E-state index in [-0.39, 0.29) is 0 Å². The minimum absolute atomic E-state index is 0.394. The zero-order valence-corrected chi connectivity index (χ0v) is 14.7. The quantitative estimate of drug-likeness (QED) is 0.699. The topological polar surface area (TPSA) is 40.5 Å². The van der Waals surface area contributed by atoms with E-state index >= 15 is 0 Å². The Morgan fingerprint density at radius 3 is 2.45 bits per heavy atom. The van der Waals surface area contributed by atoms with Crippen LogP contribution in [0.4, 0.5) is 5.69 Å². The molecule has 3 nitrogen and oxygen atoms in total. The van der Waals surface area contributed by atoms with Gasteiger partial charge in [-0.2, -0.15) is 0 Å². The van der Waals surface area contributed by atoms with Gasteiger partial charge in [-0.3, -0.25) is 0 Å². The fourth-order valence-electron chi connectivity index (χ4n) is 2.73. The highest BCUT2D eigenvalue weighted by Crippen LogP contribution is 2.26. The predicted molar refractivity (Wildman–Crippen MR) is 94.0 cm³/mol. The van der Waals surface area contributed by atoms with Gasteiger partial charge in [0.25, 0.3) is 0 Å². The summed E-state index contributed by atoms with van der Waals surface area (Å²) in [6, 6.07) is 6.14. The largest absolute Gasteiger partial charge is 0.478 e. The van der Waals surface area contributed by atoms with Crippen molar-refractivity contribution in [1.29, 1.82) is 0 Å². The van der Waals surface area contributed by atoms with Crippen molar-refractivity contribution < 1.29 is 9.90 Å². The number of carbonyl (C=O) groups is 1. The van der Waals surface area contributed by atoms with Gasteiger partial charge >= 0.3 is 5.97 Å². The standard InChI is InChI=1S/C19H31NO2/c1-6-8-9-15(7-2)12-16-13-17(20(5)14(3)4)10-11-18(16)19(21)22/h10-11,13-15H,6-9,12H2,1-5H3,(H,21,22). The molecule has 0 aromatic heterocycles. The zero-order valence-electron chi connectivity index (χ0n) is 14.7. The summed E-state index contributed by atoms with van der Waals surface area (Å²) in [4.78, 5) is 13.7. The monoisotopic (exact) mass is 305 g/mol. The van der Waals surface area contributed by atoms with Crippen molar-refractivity contribution in [3.63, 3.8) is 0 Å². The summed E-state index contributed by atoms with van der Waals surface area (Å²) in [6.07, 6.45) is 5.54. The van der Waals surface area contributed by atoms with Gasteiger partial charge < -0.3 is 10.0 Å². The number of nitrogens with zero attached hydrogens (tertiary/aromatic N) is 1. The molecule has 0 bridgehead atoms. The Labute approximate surface area is 135 Å². The van der Waals surface area contributed by atoms with E-state index in [1.165, 1.54) is 19.3 Å². The van der Waals surface area contributed by atoms with Gasteiger partial charge in [-0.05, 0) is 49.9 Å². The summed E-state index contributed by atoms with van der Waals surface area (Å²) in [5.74, 6) is -0.253. The van der Waals surface area contributed by atoms with E-state index in [0.29, 0.717) is 17.5 Å². The summed E-state index contributed by atoms with van der Waals surface area (Å²) < 4.78 is 0. The molecule has 1 rings (SSSR count). The number of benzene rings is 1. The Morgan fingerprint density at radius 1 is 1.27 bits per heavy atom. The molecule has 0 amide bonds. The molecule has 1 atom stereocenters. The molecular formula is C19H31NO2. The third kappa shape index (κ3) is 5.04. The highest BCUT2D eigenvalue weighted by atomic mass is 16.4. The van der Waals surface area contributed by atoms with Crippen LogP contribution in [0.5, 0.6) is 0 Å². The van der Waals surface area contributed by atoms with Crippen LogP contribution in [0, 0.1) is 5.92 Å². The molecule has 0 radical (unpaired) electrons. The SMILES string of the molecule is CCCCC(CC)Cc1cc(N(C)C(C)C)ccc1C(=O)O. The van der Waals surface area contributed by atoms with E-state index < -0.39 is 5.97 Å². The van der Waals surface area contributed by atoms with Crippen LogP contribution >= 0.6 is 0 Å². The van der Waals surface area contributed by atoms with Crippen LogP contribution in [0.2, 0.25) is 0 Å². The molecule has 0 saturated heterocycles. The second kappa shape index (κ2) is 8.82. The molecule has 0 aliphatic heterocycles. The Hall–Kier alpha value is -1.51. The van der Waals surface area contributed by atoms with E-state index in [2.05, 4.69) is 45.7 Å². The third-order valence-corrected chi connectivity index (χ3v) is 4.55. The lowest BCUT2D eigenvalue weighted by atomic mass is 9.89. The molecule has 1 aromatic rings. The van der Waals surface area contributed by atoms with Crippen molar-refractivity contribution in [2.75, 3.05) is 11.9 Å². The average Bonchev–Trinajstić information content (AvgIpc) is 2.49. The van der Waals surface area contributed by atoms with Gasteiger partial charge in [0.2, 0.25) is 0 Å². The second-order valence-corrected chi connectivity index (χ2v) is 6.47. The van der Waals surface area contributed by atoms with Crippen LogP contribution in [0.3, 0.4) is 0 Å². The summed E-state index contributed by atoms with van der Waals surface area (Å²) in [5.41, 5.74) is 2.52. The Morgan fingerprint density at radius 2 is 1.95 bits per heavy atom. The van der Waals surface area contributed by atoms with E-state index in [1.54, 1.807) is 6.07 Å². The van der Waals surface area contributed by atoms with E-state index in [9.17, 15) is 9.90 Å². The molecule has 0 aliphatic carbocycles. The molecule has 22 heavy (non-hydrogen) atoms. The summed E-state index contributed by atoms with van der Waals surface area (Å²) >= 11 is 0. The number of carboxylic acid groups (broad SMARTS) is 1. The molecule has 0 fully saturated rings. The maximum Gasteiger partial charge on any atom is 0.335 e. The van der Waals surface area contributed by atoms with Crippen LogP contribution in [0.15, 0.2) is 18.2 Å². The average molecular weight is 305 g/mol. The zero-order chi connectivity index (χ0) is 16.7. The Kier molecular flexibility index (Phi) is 7.43. The summed E-state index contributed by atoms with van der Waals surface area (Å²) in [6.45, 7) is 8.68. The number of carboxylic acids is 1. The first-order chi connectivity index (χ1) is 10.4. The molecule has 0 aliphatic rings. The first-order valence-corrected chi connectivity index (χ1v) is 8.49. The van der Waals surface area contributed by atoms with Gasteiger partial charge in [0.1, 0.15) is 0 Å². The third-order valence-electron chi connectivity index (χ3n) is 4.55. The van der Waals surface area contributed by atoms with E-state index in [1.807, 2.05) is 6.07 Å². The van der Waals surface area contributed by atoms with Crippen LogP contribution in [0.1, 0.15) is 69.3 Å². The van der Waals surface area contributed by atoms with Crippen molar-refractivity contribution in [2.45, 2.75) is 65.8 Å². The second-order valence-electron chi connectivity index (χ2n) is 6.47. The number of anilines is 1. The van der Waals surface area contributed by atoms with Crippen molar-refractivity contribution in [3.8, 4) is 0 Å². The molecule has 0 saturated carbocycles. The Bertz CT molecular complexity index is 482. The lowest BCUT2D eigenvalue weighted by Gasteiger charge is -2.25. The van der Waals surface area contributed by atoms with Gasteiger partial charge in [-0.25, -0.2) is 4.79 Å². The van der Waals surface area contributed by atoms with E-state index in [4.69, 9.17) is 0 Å². The highest BCUT2D eigenvalue weighted by molar-refractivity contribution is 5.90.